The van der Waals surface area contributed by atoms with Gasteiger partial charge in [0.1, 0.15) is 24.4 Å². The Morgan fingerprint density at radius 1 is 1.11 bits per heavy atom. The Morgan fingerprint density at radius 2 is 1.78 bits per heavy atom. The number of nitrogens with zero attached hydrogens (tertiary/aromatic N) is 1. The largest absolute Gasteiger partial charge is 0.490 e. The second-order valence-corrected chi connectivity index (χ2v) is 9.49. The second-order valence-electron chi connectivity index (χ2n) is 9.49. The Bertz CT molecular complexity index is 869. The standard InChI is InChI=1S/C25H38N2O9/c1-7-31-19-10-8-9-11-20(19)33-15-18-14-27(12-13-32-18)24(30)35-16-34-22(28)21(17(2)3)26-23(29)36-25(4,5)6/h8-11,17-18,21H,7,12-16H2,1-6H3,(H,26,29)/t18?,21-/m1/s1. The lowest BCUT2D eigenvalue weighted by atomic mass is 10.1. The summed E-state index contributed by atoms with van der Waals surface area (Å²) in [5.41, 5.74) is -0.710. The number of morpholine rings is 1. The lowest BCUT2D eigenvalue weighted by Crippen LogP contribution is -2.48. The number of rotatable bonds is 10. The van der Waals surface area contributed by atoms with Crippen LogP contribution in [0.2, 0.25) is 0 Å². The minimum atomic E-state index is -0.956. The van der Waals surface area contributed by atoms with Crippen LogP contribution in [0, 0.1) is 5.92 Å². The zero-order chi connectivity index (χ0) is 26.7. The molecule has 36 heavy (non-hydrogen) atoms. The number of carbonyl (C=O) groups is 3. The molecule has 11 heteroatoms. The molecule has 2 atom stereocenters. The third-order valence-corrected chi connectivity index (χ3v) is 4.95. The molecule has 2 amide bonds. The van der Waals surface area contributed by atoms with Crippen molar-refractivity contribution in [3.63, 3.8) is 0 Å². The van der Waals surface area contributed by atoms with Crippen molar-refractivity contribution in [3.8, 4) is 11.5 Å². The lowest BCUT2D eigenvalue weighted by molar-refractivity contribution is -0.156. The summed E-state index contributed by atoms with van der Waals surface area (Å²) in [7, 11) is 0. The van der Waals surface area contributed by atoms with Crippen LogP contribution in [0.3, 0.4) is 0 Å². The predicted octanol–water partition coefficient (Wildman–Crippen LogP) is 3.35. The van der Waals surface area contributed by atoms with Gasteiger partial charge in [-0.1, -0.05) is 26.0 Å². The van der Waals surface area contributed by atoms with Gasteiger partial charge in [-0.3, -0.25) is 0 Å². The second kappa shape index (κ2) is 13.8. The number of nitrogens with one attached hydrogen (secondary N) is 1. The number of benzene rings is 1. The van der Waals surface area contributed by atoms with Crippen LogP contribution in [-0.2, 0) is 23.7 Å². The van der Waals surface area contributed by atoms with E-state index < -0.39 is 36.6 Å². The van der Waals surface area contributed by atoms with Gasteiger partial charge in [0.2, 0.25) is 6.79 Å². The number of hydrogen-bond donors (Lipinski definition) is 1. The molecule has 0 radical (unpaired) electrons. The first-order valence-electron chi connectivity index (χ1n) is 12.0. The fourth-order valence-corrected chi connectivity index (χ4v) is 3.26. The van der Waals surface area contributed by atoms with Crippen LogP contribution in [0.15, 0.2) is 24.3 Å². The van der Waals surface area contributed by atoms with Crippen molar-refractivity contribution in [1.29, 1.82) is 0 Å². The zero-order valence-electron chi connectivity index (χ0n) is 21.9. The van der Waals surface area contributed by atoms with Gasteiger partial charge in [-0.25, -0.2) is 14.4 Å². The molecule has 202 valence electrons. The van der Waals surface area contributed by atoms with E-state index in [1.54, 1.807) is 40.7 Å². The summed E-state index contributed by atoms with van der Waals surface area (Å²) in [5, 5.41) is 2.49. The van der Waals surface area contributed by atoms with E-state index in [1.165, 1.54) is 4.90 Å². The van der Waals surface area contributed by atoms with Crippen LogP contribution >= 0.6 is 0 Å². The van der Waals surface area contributed by atoms with E-state index in [1.807, 2.05) is 25.1 Å². The van der Waals surface area contributed by atoms with E-state index >= 15 is 0 Å². The molecule has 0 aliphatic carbocycles. The molecule has 0 aromatic heterocycles. The van der Waals surface area contributed by atoms with E-state index in [-0.39, 0.29) is 25.2 Å². The quantitative estimate of drug-likeness (QED) is 0.373. The minimum absolute atomic E-state index is 0.218. The van der Waals surface area contributed by atoms with Crippen LogP contribution < -0.4 is 14.8 Å². The van der Waals surface area contributed by atoms with E-state index in [9.17, 15) is 14.4 Å². The maximum atomic E-state index is 12.5. The lowest BCUT2D eigenvalue weighted by Gasteiger charge is -2.32. The summed E-state index contributed by atoms with van der Waals surface area (Å²) < 4.78 is 32.5. The highest BCUT2D eigenvalue weighted by Gasteiger charge is 2.30. The minimum Gasteiger partial charge on any atom is -0.490 e. The molecule has 0 spiro atoms. The number of ether oxygens (including phenoxy) is 6. The zero-order valence-corrected chi connectivity index (χ0v) is 21.9. The van der Waals surface area contributed by atoms with Crippen LogP contribution in [0.5, 0.6) is 11.5 Å². The molecule has 1 aliphatic rings. The monoisotopic (exact) mass is 510 g/mol. The molecule has 0 bridgehead atoms. The summed E-state index contributed by atoms with van der Waals surface area (Å²) >= 11 is 0. The molecule has 1 fully saturated rings. The SMILES string of the molecule is CCOc1ccccc1OCC1CN(C(=O)OCOC(=O)[C@H](NC(=O)OC(C)(C)C)C(C)C)CCO1. The molecular formula is C25H38N2O9. The molecule has 11 nitrogen and oxygen atoms in total. The number of carbonyl (C=O) groups excluding carboxylic acids is 3. The maximum Gasteiger partial charge on any atom is 0.412 e. The van der Waals surface area contributed by atoms with Crippen LogP contribution in [-0.4, -0.2) is 80.5 Å². The molecule has 1 aromatic carbocycles. The molecule has 0 saturated carbocycles. The number of alkyl carbamates (subject to hydrolysis) is 1. The van der Waals surface area contributed by atoms with Crippen LogP contribution in [0.4, 0.5) is 9.59 Å². The van der Waals surface area contributed by atoms with Gasteiger partial charge < -0.3 is 38.6 Å². The van der Waals surface area contributed by atoms with Gasteiger partial charge in [0, 0.05) is 6.54 Å². The fraction of sp³-hybridized carbons (Fsp3) is 0.640. The topological polar surface area (TPSA) is 122 Å². The Hall–Kier alpha value is -3.21. The van der Waals surface area contributed by atoms with Crippen molar-refractivity contribution in [2.75, 3.05) is 39.7 Å². The molecule has 1 aromatic rings. The van der Waals surface area contributed by atoms with Gasteiger partial charge in [-0.15, -0.1) is 0 Å². The Balaban J connectivity index is 1.79. The van der Waals surface area contributed by atoms with Crippen LogP contribution in [0.1, 0.15) is 41.5 Å². The number of amides is 2. The van der Waals surface area contributed by atoms with Crippen molar-refractivity contribution in [2.24, 2.45) is 5.92 Å². The average Bonchev–Trinajstić information content (AvgIpc) is 2.81. The Labute approximate surface area is 212 Å². The van der Waals surface area contributed by atoms with E-state index in [4.69, 9.17) is 28.4 Å². The highest BCUT2D eigenvalue weighted by molar-refractivity contribution is 5.81. The van der Waals surface area contributed by atoms with Gasteiger partial charge >= 0.3 is 18.2 Å². The summed E-state index contributed by atoms with van der Waals surface area (Å²) in [6.07, 6.45) is -1.75. The molecule has 1 saturated heterocycles. The number of para-hydroxylation sites is 2. The highest BCUT2D eigenvalue weighted by atomic mass is 16.7. The van der Waals surface area contributed by atoms with Gasteiger partial charge in [0.15, 0.2) is 11.5 Å². The van der Waals surface area contributed by atoms with Crippen molar-refractivity contribution < 1.29 is 42.8 Å². The third-order valence-electron chi connectivity index (χ3n) is 4.95. The van der Waals surface area contributed by atoms with Crippen LogP contribution in [0.25, 0.3) is 0 Å². The highest BCUT2D eigenvalue weighted by Crippen LogP contribution is 2.26. The Kier molecular flexibility index (Phi) is 11.1. The normalized spacial score (nSPS) is 16.6. The summed E-state index contributed by atoms with van der Waals surface area (Å²) in [6, 6.07) is 6.37. The maximum absolute atomic E-state index is 12.5. The van der Waals surface area contributed by atoms with Crippen molar-refractivity contribution in [1.82, 2.24) is 10.2 Å². The smallest absolute Gasteiger partial charge is 0.412 e. The van der Waals surface area contributed by atoms with Gasteiger partial charge in [-0.2, -0.15) is 0 Å². The summed E-state index contributed by atoms with van der Waals surface area (Å²) in [4.78, 5) is 38.4. The molecular weight excluding hydrogens is 472 g/mol. The number of esters is 1. The van der Waals surface area contributed by atoms with Crippen molar-refractivity contribution in [2.45, 2.75) is 59.3 Å². The first-order chi connectivity index (χ1) is 17.0. The van der Waals surface area contributed by atoms with Gasteiger partial charge in [0.05, 0.1) is 19.8 Å². The predicted molar refractivity (Wildman–Crippen MR) is 130 cm³/mol. The molecule has 1 N–H and O–H groups in total. The first kappa shape index (κ1) is 29.0. The average molecular weight is 511 g/mol. The van der Waals surface area contributed by atoms with Gasteiger partial charge in [0.25, 0.3) is 0 Å². The first-order valence-corrected chi connectivity index (χ1v) is 12.0. The van der Waals surface area contributed by atoms with Crippen molar-refractivity contribution in [3.05, 3.63) is 24.3 Å². The summed E-state index contributed by atoms with van der Waals surface area (Å²) in [5.74, 6) is 0.225. The van der Waals surface area contributed by atoms with E-state index in [2.05, 4.69) is 5.32 Å². The Morgan fingerprint density at radius 3 is 2.39 bits per heavy atom. The van der Waals surface area contributed by atoms with Crippen molar-refractivity contribution >= 4 is 18.2 Å². The molecule has 1 unspecified atom stereocenters. The summed E-state index contributed by atoms with van der Waals surface area (Å²) in [6.45, 7) is 11.6. The van der Waals surface area contributed by atoms with E-state index in [0.29, 0.717) is 31.3 Å². The van der Waals surface area contributed by atoms with E-state index in [0.717, 1.165) is 0 Å². The number of hydrogen-bond acceptors (Lipinski definition) is 9. The fourth-order valence-electron chi connectivity index (χ4n) is 3.26. The third kappa shape index (κ3) is 9.80. The van der Waals surface area contributed by atoms with Gasteiger partial charge in [-0.05, 0) is 45.7 Å². The molecule has 2 rings (SSSR count). The molecule has 1 heterocycles. The molecule has 1 aliphatic heterocycles.